The molecule has 0 fully saturated rings. The number of rotatable bonds is 8. The molecule has 180 valence electrons. The summed E-state index contributed by atoms with van der Waals surface area (Å²) in [6, 6.07) is 12.3. The van der Waals surface area contributed by atoms with Gasteiger partial charge in [0.1, 0.15) is 18.0 Å². The summed E-state index contributed by atoms with van der Waals surface area (Å²) in [6.07, 6.45) is 1.52. The number of hydrogen-bond donors (Lipinski definition) is 1. The minimum Gasteiger partial charge on any atom is -0.463 e. The number of benzene rings is 1. The van der Waals surface area contributed by atoms with Gasteiger partial charge in [0.05, 0.1) is 41.8 Å². The van der Waals surface area contributed by atoms with Gasteiger partial charge in [-0.1, -0.05) is 18.2 Å². The molecule has 3 heterocycles. The van der Waals surface area contributed by atoms with Crippen molar-refractivity contribution in [3.8, 4) is 11.5 Å². The fourth-order valence-electron chi connectivity index (χ4n) is 3.76. The highest BCUT2D eigenvalue weighted by molar-refractivity contribution is 6.04. The monoisotopic (exact) mass is 476 g/mol. The SMILES string of the molecule is CCOC(=O)c1[nH]c(COC(=O)c2cc(-c3ccco3)nc3ccccc23)c(C(=O)OCC)c1C. The minimum absolute atomic E-state index is 0.107. The lowest BCUT2D eigenvalue weighted by atomic mass is 10.1. The van der Waals surface area contributed by atoms with Gasteiger partial charge < -0.3 is 23.6 Å². The Morgan fingerprint density at radius 3 is 2.40 bits per heavy atom. The number of hydrogen-bond acceptors (Lipinski definition) is 8. The molecule has 9 heteroatoms. The van der Waals surface area contributed by atoms with Crippen molar-refractivity contribution >= 4 is 28.8 Å². The summed E-state index contributed by atoms with van der Waals surface area (Å²) in [4.78, 5) is 45.6. The fourth-order valence-corrected chi connectivity index (χ4v) is 3.76. The first kappa shape index (κ1) is 23.7. The van der Waals surface area contributed by atoms with Crippen molar-refractivity contribution < 1.29 is 33.0 Å². The molecule has 4 rings (SSSR count). The first-order valence-electron chi connectivity index (χ1n) is 11.1. The second-order valence-electron chi connectivity index (χ2n) is 7.55. The van der Waals surface area contributed by atoms with E-state index in [4.69, 9.17) is 18.6 Å². The van der Waals surface area contributed by atoms with Crippen molar-refractivity contribution in [1.82, 2.24) is 9.97 Å². The van der Waals surface area contributed by atoms with Gasteiger partial charge in [-0.25, -0.2) is 19.4 Å². The third-order valence-corrected chi connectivity index (χ3v) is 5.34. The van der Waals surface area contributed by atoms with Crippen LogP contribution in [0.4, 0.5) is 0 Å². The molecule has 3 aromatic heterocycles. The molecule has 0 amide bonds. The van der Waals surface area contributed by atoms with E-state index < -0.39 is 17.9 Å². The van der Waals surface area contributed by atoms with Crippen molar-refractivity contribution in [2.24, 2.45) is 0 Å². The Labute approximate surface area is 201 Å². The van der Waals surface area contributed by atoms with Crippen LogP contribution in [0.1, 0.15) is 56.3 Å². The molecule has 0 saturated heterocycles. The van der Waals surface area contributed by atoms with Gasteiger partial charge in [-0.15, -0.1) is 0 Å². The molecular formula is C26H24N2O7. The molecule has 0 bridgehead atoms. The van der Waals surface area contributed by atoms with Gasteiger partial charge in [0.2, 0.25) is 0 Å². The van der Waals surface area contributed by atoms with E-state index in [2.05, 4.69) is 9.97 Å². The van der Waals surface area contributed by atoms with Gasteiger partial charge >= 0.3 is 17.9 Å². The molecule has 0 atom stereocenters. The van der Waals surface area contributed by atoms with Crippen molar-refractivity contribution in [1.29, 1.82) is 0 Å². The first-order valence-corrected chi connectivity index (χ1v) is 11.1. The zero-order valence-corrected chi connectivity index (χ0v) is 19.5. The number of H-pyrrole nitrogens is 1. The number of esters is 3. The molecule has 0 aliphatic heterocycles. The lowest BCUT2D eigenvalue weighted by Crippen LogP contribution is -2.12. The summed E-state index contributed by atoms with van der Waals surface area (Å²) >= 11 is 0. The molecule has 35 heavy (non-hydrogen) atoms. The normalized spacial score (nSPS) is 10.8. The Morgan fingerprint density at radius 1 is 0.943 bits per heavy atom. The molecule has 0 unspecified atom stereocenters. The van der Waals surface area contributed by atoms with Gasteiger partial charge in [-0.2, -0.15) is 0 Å². The van der Waals surface area contributed by atoms with Gasteiger partial charge in [0.15, 0.2) is 5.76 Å². The molecule has 4 aromatic rings. The third kappa shape index (κ3) is 4.79. The number of fused-ring (bicyclic) bond motifs is 1. The smallest absolute Gasteiger partial charge is 0.355 e. The molecule has 1 aromatic carbocycles. The Hall–Kier alpha value is -4.40. The number of nitrogens with one attached hydrogen (secondary N) is 1. The number of ether oxygens (including phenoxy) is 3. The second kappa shape index (κ2) is 10.3. The number of aromatic amines is 1. The molecular weight excluding hydrogens is 452 g/mol. The highest BCUT2D eigenvalue weighted by Crippen LogP contribution is 2.27. The number of carbonyl (C=O) groups excluding carboxylic acids is 3. The predicted octanol–water partition coefficient (Wildman–Crippen LogP) is 4.84. The van der Waals surface area contributed by atoms with Crippen LogP contribution in [0.25, 0.3) is 22.4 Å². The summed E-state index contributed by atoms with van der Waals surface area (Å²) in [5.74, 6) is -1.36. The van der Waals surface area contributed by atoms with E-state index in [9.17, 15) is 14.4 Å². The highest BCUT2D eigenvalue weighted by Gasteiger charge is 2.27. The van der Waals surface area contributed by atoms with E-state index in [0.29, 0.717) is 27.9 Å². The lowest BCUT2D eigenvalue weighted by Gasteiger charge is -2.10. The topological polar surface area (TPSA) is 121 Å². The Kier molecular flexibility index (Phi) is 6.96. The molecule has 0 spiro atoms. The van der Waals surface area contributed by atoms with E-state index in [-0.39, 0.29) is 42.3 Å². The number of para-hydroxylation sites is 1. The van der Waals surface area contributed by atoms with Crippen LogP contribution in [0.2, 0.25) is 0 Å². The standard InChI is InChI=1S/C26H24N2O7/c1-4-32-25(30)22-15(3)23(26(31)33-5-2)28-20(22)14-35-24(29)17-13-19(21-11-8-12-34-21)27-18-10-7-6-9-16(17)18/h6-13,28H,4-5,14H2,1-3H3. The molecule has 9 nitrogen and oxygen atoms in total. The summed E-state index contributed by atoms with van der Waals surface area (Å²) in [7, 11) is 0. The Balaban J connectivity index is 1.67. The van der Waals surface area contributed by atoms with Crippen molar-refractivity contribution in [2.75, 3.05) is 13.2 Å². The van der Waals surface area contributed by atoms with E-state index in [1.54, 1.807) is 57.2 Å². The van der Waals surface area contributed by atoms with E-state index in [1.165, 1.54) is 6.26 Å². The summed E-state index contributed by atoms with van der Waals surface area (Å²) in [6.45, 7) is 4.99. The van der Waals surface area contributed by atoms with Gasteiger partial charge in [0, 0.05) is 5.39 Å². The maximum Gasteiger partial charge on any atom is 0.355 e. The quantitative estimate of drug-likeness (QED) is 0.283. The van der Waals surface area contributed by atoms with Crippen LogP contribution in [-0.4, -0.2) is 41.1 Å². The second-order valence-corrected chi connectivity index (χ2v) is 7.55. The average molecular weight is 476 g/mol. The van der Waals surface area contributed by atoms with Crippen molar-refractivity contribution in [3.63, 3.8) is 0 Å². The number of pyridine rings is 1. The van der Waals surface area contributed by atoms with Crippen molar-refractivity contribution in [2.45, 2.75) is 27.4 Å². The Bertz CT molecular complexity index is 1390. The zero-order valence-electron chi connectivity index (χ0n) is 19.5. The Morgan fingerprint density at radius 2 is 1.69 bits per heavy atom. The molecule has 0 aliphatic rings. The number of aromatic nitrogens is 2. The van der Waals surface area contributed by atoms with E-state index in [1.807, 2.05) is 6.07 Å². The van der Waals surface area contributed by atoms with Gasteiger partial charge in [-0.05, 0) is 50.6 Å². The number of carbonyl (C=O) groups is 3. The lowest BCUT2D eigenvalue weighted by molar-refractivity contribution is 0.0447. The summed E-state index contributed by atoms with van der Waals surface area (Å²) in [5, 5.41) is 0.605. The maximum atomic E-state index is 13.2. The third-order valence-electron chi connectivity index (χ3n) is 5.34. The fraction of sp³-hybridized carbons (Fsp3) is 0.231. The zero-order chi connectivity index (χ0) is 24.9. The first-order chi connectivity index (χ1) is 16.9. The van der Waals surface area contributed by atoms with Crippen LogP contribution < -0.4 is 0 Å². The predicted molar refractivity (Wildman–Crippen MR) is 126 cm³/mol. The van der Waals surface area contributed by atoms with Crippen LogP contribution >= 0.6 is 0 Å². The van der Waals surface area contributed by atoms with Gasteiger partial charge in [0.25, 0.3) is 0 Å². The molecule has 0 aliphatic carbocycles. The number of nitrogens with zero attached hydrogens (tertiary/aromatic N) is 1. The van der Waals surface area contributed by atoms with Gasteiger partial charge in [-0.3, -0.25) is 0 Å². The summed E-state index contributed by atoms with van der Waals surface area (Å²) in [5.41, 5.74) is 2.21. The summed E-state index contributed by atoms with van der Waals surface area (Å²) < 4.78 is 21.2. The minimum atomic E-state index is -0.629. The molecule has 1 N–H and O–H groups in total. The maximum absolute atomic E-state index is 13.2. The largest absolute Gasteiger partial charge is 0.463 e. The van der Waals surface area contributed by atoms with Crippen LogP contribution in [0.5, 0.6) is 0 Å². The van der Waals surface area contributed by atoms with E-state index in [0.717, 1.165) is 0 Å². The highest BCUT2D eigenvalue weighted by atomic mass is 16.5. The van der Waals surface area contributed by atoms with Crippen LogP contribution in [-0.2, 0) is 20.8 Å². The average Bonchev–Trinajstić information content (AvgIpc) is 3.50. The van der Waals surface area contributed by atoms with Crippen molar-refractivity contribution in [3.05, 3.63) is 76.8 Å². The molecule has 0 radical (unpaired) electrons. The van der Waals surface area contributed by atoms with E-state index >= 15 is 0 Å². The van der Waals surface area contributed by atoms with Crippen LogP contribution in [0, 0.1) is 6.92 Å². The van der Waals surface area contributed by atoms with Crippen LogP contribution in [0.15, 0.2) is 53.1 Å². The van der Waals surface area contributed by atoms with Crippen LogP contribution in [0.3, 0.4) is 0 Å². The number of furan rings is 1. The molecule has 0 saturated carbocycles.